The van der Waals surface area contributed by atoms with Crippen LogP contribution in [0.5, 0.6) is 11.5 Å². The number of methoxy groups -OCH3 is 2. The van der Waals surface area contributed by atoms with Crippen LogP contribution in [0.25, 0.3) is 22.2 Å². The summed E-state index contributed by atoms with van der Waals surface area (Å²) in [6.45, 7) is 3.50. The summed E-state index contributed by atoms with van der Waals surface area (Å²) in [6.07, 6.45) is 4.30. The van der Waals surface area contributed by atoms with Crippen molar-refractivity contribution in [3.8, 4) is 22.6 Å². The molecule has 0 saturated carbocycles. The Bertz CT molecular complexity index is 1170. The lowest BCUT2D eigenvalue weighted by Gasteiger charge is -2.16. The first-order chi connectivity index (χ1) is 15.0. The zero-order valence-corrected chi connectivity index (χ0v) is 18.1. The summed E-state index contributed by atoms with van der Waals surface area (Å²) in [4.78, 5) is 21.5. The molecule has 0 unspecified atom stereocenters. The van der Waals surface area contributed by atoms with Crippen molar-refractivity contribution in [2.45, 2.75) is 0 Å². The number of benzene rings is 2. The maximum Gasteiger partial charge on any atom is 0.260 e. The van der Waals surface area contributed by atoms with Crippen LogP contribution in [0.4, 0.5) is 0 Å². The van der Waals surface area contributed by atoms with Gasteiger partial charge in [-0.1, -0.05) is 35.8 Å². The SMILES string of the molecule is C=CN/C(=N\N)NC(=O)c1ccc(-c2c(Cl)c(OC)cc(OC)c2Cl)c2nccnc12. The molecule has 0 bridgehead atoms. The number of fused-ring (bicyclic) bond motifs is 1. The molecule has 0 fully saturated rings. The molecule has 0 spiro atoms. The number of nitrogens with one attached hydrogen (secondary N) is 2. The molecule has 3 rings (SSSR count). The zero-order valence-electron chi connectivity index (χ0n) is 16.6. The topological polar surface area (TPSA) is 124 Å². The third kappa shape index (κ3) is 4.18. The number of nitrogens with zero attached hydrogens (tertiary/aromatic N) is 3. The van der Waals surface area contributed by atoms with Gasteiger partial charge in [0, 0.05) is 29.6 Å². The molecule has 11 heteroatoms. The molecule has 160 valence electrons. The molecule has 0 aliphatic heterocycles. The van der Waals surface area contributed by atoms with E-state index in [0.29, 0.717) is 33.7 Å². The van der Waals surface area contributed by atoms with E-state index in [1.54, 1.807) is 18.2 Å². The van der Waals surface area contributed by atoms with E-state index in [1.807, 2.05) is 0 Å². The molecule has 1 heterocycles. The van der Waals surface area contributed by atoms with Crippen molar-refractivity contribution in [3.05, 3.63) is 59.0 Å². The summed E-state index contributed by atoms with van der Waals surface area (Å²) in [7, 11) is 2.97. The van der Waals surface area contributed by atoms with Crippen molar-refractivity contribution in [2.75, 3.05) is 14.2 Å². The number of guanidine groups is 1. The quantitative estimate of drug-likeness (QED) is 0.231. The van der Waals surface area contributed by atoms with Gasteiger partial charge in [0.05, 0.1) is 35.3 Å². The van der Waals surface area contributed by atoms with Crippen LogP contribution in [0.2, 0.25) is 10.0 Å². The molecular formula is C20H18Cl2N6O3. The van der Waals surface area contributed by atoms with Gasteiger partial charge in [0.15, 0.2) is 0 Å². The molecule has 2 aromatic carbocycles. The molecular weight excluding hydrogens is 443 g/mol. The molecule has 1 aromatic heterocycles. The van der Waals surface area contributed by atoms with E-state index >= 15 is 0 Å². The molecule has 4 N–H and O–H groups in total. The van der Waals surface area contributed by atoms with Gasteiger partial charge < -0.3 is 20.6 Å². The molecule has 0 aliphatic carbocycles. The summed E-state index contributed by atoms with van der Waals surface area (Å²) in [5.74, 6) is 5.53. The van der Waals surface area contributed by atoms with Crippen molar-refractivity contribution in [1.29, 1.82) is 0 Å². The van der Waals surface area contributed by atoms with E-state index in [0.717, 1.165) is 0 Å². The number of carbonyl (C=O) groups is 1. The minimum Gasteiger partial charge on any atom is -0.495 e. The highest BCUT2D eigenvalue weighted by atomic mass is 35.5. The number of amides is 1. The van der Waals surface area contributed by atoms with Crippen LogP contribution < -0.4 is 25.9 Å². The predicted molar refractivity (Wildman–Crippen MR) is 121 cm³/mol. The minimum atomic E-state index is -0.504. The van der Waals surface area contributed by atoms with Crippen LogP contribution >= 0.6 is 23.2 Å². The highest BCUT2D eigenvalue weighted by Crippen LogP contribution is 2.47. The van der Waals surface area contributed by atoms with Crippen molar-refractivity contribution in [3.63, 3.8) is 0 Å². The first-order valence-corrected chi connectivity index (χ1v) is 9.53. The van der Waals surface area contributed by atoms with Crippen molar-refractivity contribution in [1.82, 2.24) is 20.6 Å². The van der Waals surface area contributed by atoms with Crippen molar-refractivity contribution in [2.24, 2.45) is 10.9 Å². The van der Waals surface area contributed by atoms with Gasteiger partial charge in [0.25, 0.3) is 5.91 Å². The number of hydrogen-bond acceptors (Lipinski definition) is 7. The summed E-state index contributed by atoms with van der Waals surface area (Å²) in [5.41, 5.74) is 1.94. The Morgan fingerprint density at radius 1 is 1.13 bits per heavy atom. The minimum absolute atomic E-state index is 0.0183. The van der Waals surface area contributed by atoms with Crippen LogP contribution in [-0.4, -0.2) is 36.1 Å². The number of nitrogens with two attached hydrogens (primary N) is 1. The zero-order chi connectivity index (χ0) is 22.5. The molecule has 9 nitrogen and oxygen atoms in total. The fraction of sp³-hybridized carbons (Fsp3) is 0.100. The number of carbonyl (C=O) groups excluding carboxylic acids is 1. The van der Waals surface area contributed by atoms with Gasteiger partial charge in [-0.25, -0.2) is 0 Å². The Morgan fingerprint density at radius 3 is 2.29 bits per heavy atom. The average molecular weight is 461 g/mol. The number of aromatic nitrogens is 2. The number of hydrazone groups is 1. The highest BCUT2D eigenvalue weighted by molar-refractivity contribution is 6.41. The maximum atomic E-state index is 12.8. The lowest BCUT2D eigenvalue weighted by molar-refractivity contribution is 0.0977. The van der Waals surface area contributed by atoms with Gasteiger partial charge >= 0.3 is 0 Å². The van der Waals surface area contributed by atoms with Gasteiger partial charge in [-0.3, -0.25) is 20.1 Å². The third-order valence-electron chi connectivity index (χ3n) is 4.31. The number of halogens is 2. The Hall–Kier alpha value is -3.56. The molecule has 1 amide bonds. The predicted octanol–water partition coefficient (Wildman–Crippen LogP) is 3.31. The summed E-state index contributed by atoms with van der Waals surface area (Å²) >= 11 is 13.1. The van der Waals surface area contributed by atoms with E-state index < -0.39 is 5.91 Å². The summed E-state index contributed by atoms with van der Waals surface area (Å²) < 4.78 is 10.7. The average Bonchev–Trinajstić information content (AvgIpc) is 2.79. The van der Waals surface area contributed by atoms with Crippen LogP contribution in [-0.2, 0) is 0 Å². The van der Waals surface area contributed by atoms with Gasteiger partial charge in [-0.2, -0.15) is 0 Å². The highest BCUT2D eigenvalue weighted by Gasteiger charge is 2.23. The number of rotatable bonds is 5. The van der Waals surface area contributed by atoms with Crippen LogP contribution in [0.1, 0.15) is 10.4 Å². The molecule has 31 heavy (non-hydrogen) atoms. The second kappa shape index (κ2) is 9.50. The van der Waals surface area contributed by atoms with Gasteiger partial charge in [0.1, 0.15) is 17.0 Å². The Kier molecular flexibility index (Phi) is 6.78. The largest absolute Gasteiger partial charge is 0.495 e. The third-order valence-corrected chi connectivity index (χ3v) is 5.06. The molecule has 0 saturated heterocycles. The van der Waals surface area contributed by atoms with Crippen LogP contribution in [0, 0.1) is 0 Å². The molecule has 0 atom stereocenters. The summed E-state index contributed by atoms with van der Waals surface area (Å²) in [6, 6.07) is 4.82. The monoisotopic (exact) mass is 460 g/mol. The molecule has 0 radical (unpaired) electrons. The first kappa shape index (κ1) is 22.1. The summed E-state index contributed by atoms with van der Waals surface area (Å²) in [5, 5.41) is 9.15. The van der Waals surface area contributed by atoms with E-state index in [-0.39, 0.29) is 21.6 Å². The first-order valence-electron chi connectivity index (χ1n) is 8.77. The fourth-order valence-corrected chi connectivity index (χ4v) is 3.65. The molecule has 3 aromatic rings. The van der Waals surface area contributed by atoms with Gasteiger partial charge in [-0.15, -0.1) is 5.10 Å². The van der Waals surface area contributed by atoms with Gasteiger partial charge in [-0.05, 0) is 12.3 Å². The lowest BCUT2D eigenvalue weighted by Crippen LogP contribution is -2.39. The normalized spacial score (nSPS) is 11.2. The van der Waals surface area contributed by atoms with E-state index in [1.165, 1.54) is 32.8 Å². The second-order valence-electron chi connectivity index (χ2n) is 5.98. The van der Waals surface area contributed by atoms with Crippen molar-refractivity contribution >= 4 is 46.1 Å². The number of hydrogen-bond donors (Lipinski definition) is 3. The van der Waals surface area contributed by atoms with Gasteiger partial charge in [0.2, 0.25) is 5.96 Å². The second-order valence-corrected chi connectivity index (χ2v) is 6.73. The van der Waals surface area contributed by atoms with Crippen molar-refractivity contribution < 1.29 is 14.3 Å². The Morgan fingerprint density at radius 2 is 1.74 bits per heavy atom. The Labute approximate surface area is 187 Å². The standard InChI is InChI=1S/C20H18Cl2N6O3/c1-4-24-20(28-23)27-19(29)11-6-5-10(17-18(11)26-8-7-25-17)14-15(21)12(30-2)9-13(31-3)16(14)22/h4-9H,1,23H2,2-3H3,(H2,24,27,28,29). The lowest BCUT2D eigenvalue weighted by atomic mass is 9.99. The van der Waals surface area contributed by atoms with E-state index in [9.17, 15) is 4.79 Å². The maximum absolute atomic E-state index is 12.8. The Balaban J connectivity index is 2.22. The van der Waals surface area contributed by atoms with Crippen LogP contribution in [0.15, 0.2) is 48.5 Å². The number of ether oxygens (including phenoxy) is 2. The van der Waals surface area contributed by atoms with E-state index in [4.69, 9.17) is 38.5 Å². The smallest absolute Gasteiger partial charge is 0.260 e. The fourth-order valence-electron chi connectivity index (χ4n) is 2.94. The van der Waals surface area contributed by atoms with Crippen LogP contribution in [0.3, 0.4) is 0 Å². The van der Waals surface area contributed by atoms with E-state index in [2.05, 4.69) is 32.3 Å². The molecule has 0 aliphatic rings.